The molecular weight excluding hydrogens is 234 g/mol. The third-order valence-electron chi connectivity index (χ3n) is 1.98. The molecule has 1 aromatic rings. The maximum atomic E-state index is 11.6. The van der Waals surface area contributed by atoms with Gasteiger partial charge in [-0.05, 0) is 18.2 Å². The number of hydrogen-bond donors (Lipinski definition) is 4. The van der Waals surface area contributed by atoms with Gasteiger partial charge in [0, 0.05) is 5.02 Å². The van der Waals surface area contributed by atoms with Crippen molar-refractivity contribution in [2.24, 2.45) is 0 Å². The first-order valence-corrected chi connectivity index (χ1v) is 4.97. The van der Waals surface area contributed by atoms with E-state index >= 15 is 0 Å². The van der Waals surface area contributed by atoms with E-state index in [1.807, 2.05) is 0 Å². The SMILES string of the molecule is O=C(NC(CO)CO)c1cc(Cl)ccc1O. The normalized spacial score (nSPS) is 10.5. The molecule has 0 aliphatic rings. The number of phenolic OH excluding ortho intramolecular Hbond substituents is 1. The summed E-state index contributed by atoms with van der Waals surface area (Å²) in [4.78, 5) is 11.6. The van der Waals surface area contributed by atoms with Gasteiger partial charge in [-0.3, -0.25) is 4.79 Å². The Labute approximate surface area is 97.3 Å². The predicted octanol–water partition coefficient (Wildman–Crippen LogP) is 0.129. The summed E-state index contributed by atoms with van der Waals surface area (Å²) < 4.78 is 0. The van der Waals surface area contributed by atoms with Gasteiger partial charge >= 0.3 is 0 Å². The molecule has 1 rings (SSSR count). The van der Waals surface area contributed by atoms with E-state index in [0.29, 0.717) is 5.02 Å². The highest BCUT2D eigenvalue weighted by molar-refractivity contribution is 6.31. The van der Waals surface area contributed by atoms with E-state index in [1.54, 1.807) is 0 Å². The van der Waals surface area contributed by atoms with Gasteiger partial charge in [0.15, 0.2) is 0 Å². The van der Waals surface area contributed by atoms with Gasteiger partial charge < -0.3 is 20.6 Å². The second kappa shape index (κ2) is 5.69. The van der Waals surface area contributed by atoms with Crippen molar-refractivity contribution in [2.45, 2.75) is 6.04 Å². The minimum absolute atomic E-state index is 0.000556. The third kappa shape index (κ3) is 3.10. The summed E-state index contributed by atoms with van der Waals surface area (Å²) in [5, 5.41) is 29.6. The van der Waals surface area contributed by atoms with Crippen LogP contribution in [0.2, 0.25) is 5.02 Å². The van der Waals surface area contributed by atoms with E-state index in [0.717, 1.165) is 0 Å². The van der Waals surface area contributed by atoms with Gasteiger partial charge in [0.2, 0.25) is 0 Å². The van der Waals surface area contributed by atoms with Gasteiger partial charge in [-0.15, -0.1) is 0 Å². The van der Waals surface area contributed by atoms with Crippen molar-refractivity contribution in [1.82, 2.24) is 5.32 Å². The second-order valence-corrected chi connectivity index (χ2v) is 3.63. The van der Waals surface area contributed by atoms with Crippen LogP contribution in [0.5, 0.6) is 5.75 Å². The molecule has 0 saturated heterocycles. The number of carbonyl (C=O) groups is 1. The van der Waals surface area contributed by atoms with Crippen LogP contribution < -0.4 is 5.32 Å². The molecule has 16 heavy (non-hydrogen) atoms. The van der Waals surface area contributed by atoms with Gasteiger partial charge in [0.1, 0.15) is 5.75 Å². The zero-order valence-corrected chi connectivity index (χ0v) is 9.11. The zero-order chi connectivity index (χ0) is 12.1. The summed E-state index contributed by atoms with van der Waals surface area (Å²) >= 11 is 5.68. The number of hydrogen-bond acceptors (Lipinski definition) is 4. The van der Waals surface area contributed by atoms with Crippen molar-refractivity contribution in [1.29, 1.82) is 0 Å². The van der Waals surface area contributed by atoms with Gasteiger partial charge in [-0.25, -0.2) is 0 Å². The van der Waals surface area contributed by atoms with Gasteiger partial charge in [0.25, 0.3) is 5.91 Å². The van der Waals surface area contributed by atoms with E-state index in [1.165, 1.54) is 18.2 Å². The van der Waals surface area contributed by atoms with Gasteiger partial charge in [0.05, 0.1) is 24.8 Å². The number of aromatic hydroxyl groups is 1. The Kier molecular flexibility index (Phi) is 4.54. The first kappa shape index (κ1) is 12.8. The number of carbonyl (C=O) groups excluding carboxylic acids is 1. The number of halogens is 1. The quantitative estimate of drug-likeness (QED) is 0.607. The largest absolute Gasteiger partial charge is 0.507 e. The number of aliphatic hydroxyl groups is 2. The summed E-state index contributed by atoms with van der Waals surface area (Å²) in [6.45, 7) is -0.771. The van der Waals surface area contributed by atoms with Crippen molar-refractivity contribution < 1.29 is 20.1 Å². The van der Waals surface area contributed by atoms with Crippen molar-refractivity contribution >= 4 is 17.5 Å². The summed E-state index contributed by atoms with van der Waals surface area (Å²) in [7, 11) is 0. The first-order chi connectivity index (χ1) is 7.58. The molecule has 0 unspecified atom stereocenters. The molecule has 0 fully saturated rings. The predicted molar refractivity (Wildman–Crippen MR) is 58.5 cm³/mol. The Balaban J connectivity index is 2.83. The van der Waals surface area contributed by atoms with Crippen LogP contribution >= 0.6 is 11.6 Å². The second-order valence-electron chi connectivity index (χ2n) is 3.20. The molecule has 1 aromatic carbocycles. The van der Waals surface area contributed by atoms with E-state index in [2.05, 4.69) is 5.32 Å². The fourth-order valence-electron chi connectivity index (χ4n) is 1.10. The molecule has 0 heterocycles. The number of benzene rings is 1. The van der Waals surface area contributed by atoms with Crippen molar-refractivity contribution in [3.05, 3.63) is 28.8 Å². The molecule has 4 N–H and O–H groups in total. The highest BCUT2D eigenvalue weighted by atomic mass is 35.5. The van der Waals surface area contributed by atoms with Crippen molar-refractivity contribution in [3.8, 4) is 5.75 Å². The van der Waals surface area contributed by atoms with E-state index in [-0.39, 0.29) is 24.5 Å². The first-order valence-electron chi connectivity index (χ1n) is 4.59. The third-order valence-corrected chi connectivity index (χ3v) is 2.21. The summed E-state index contributed by atoms with van der Waals surface area (Å²) in [5.41, 5.74) is -0.000556. The Morgan fingerprint density at radius 1 is 1.38 bits per heavy atom. The van der Waals surface area contributed by atoms with Gasteiger partial charge in [-0.1, -0.05) is 11.6 Å². The lowest BCUT2D eigenvalue weighted by Crippen LogP contribution is -2.40. The van der Waals surface area contributed by atoms with Crippen LogP contribution in [0, 0.1) is 0 Å². The fraction of sp³-hybridized carbons (Fsp3) is 0.300. The van der Waals surface area contributed by atoms with Crippen LogP contribution in [0.15, 0.2) is 18.2 Å². The molecule has 1 amide bonds. The fourth-order valence-corrected chi connectivity index (χ4v) is 1.27. The van der Waals surface area contributed by atoms with Crippen molar-refractivity contribution in [2.75, 3.05) is 13.2 Å². The average Bonchev–Trinajstić information content (AvgIpc) is 2.28. The lowest BCUT2D eigenvalue weighted by molar-refractivity contribution is 0.0876. The average molecular weight is 246 g/mol. The number of aliphatic hydroxyl groups excluding tert-OH is 2. The lowest BCUT2D eigenvalue weighted by atomic mass is 10.1. The van der Waals surface area contributed by atoms with E-state index < -0.39 is 11.9 Å². The number of nitrogens with one attached hydrogen (secondary N) is 1. The maximum absolute atomic E-state index is 11.6. The molecule has 0 radical (unpaired) electrons. The standard InChI is InChI=1S/C10H12ClNO4/c11-6-1-2-9(15)8(3-6)10(16)12-7(4-13)5-14/h1-3,7,13-15H,4-5H2,(H,12,16). The van der Waals surface area contributed by atoms with Crippen LogP contribution in [0.3, 0.4) is 0 Å². The highest BCUT2D eigenvalue weighted by Gasteiger charge is 2.15. The molecule has 5 nitrogen and oxygen atoms in total. The molecule has 0 aromatic heterocycles. The van der Waals surface area contributed by atoms with Gasteiger partial charge in [-0.2, -0.15) is 0 Å². The van der Waals surface area contributed by atoms with Crippen LogP contribution in [0.4, 0.5) is 0 Å². The summed E-state index contributed by atoms with van der Waals surface area (Å²) in [6, 6.07) is 3.29. The molecule has 0 aliphatic carbocycles. The number of amides is 1. The number of phenols is 1. The molecular formula is C10H12ClNO4. The molecule has 0 spiro atoms. The summed E-state index contributed by atoms with van der Waals surface area (Å²) in [5.74, 6) is -0.815. The molecule has 0 saturated carbocycles. The van der Waals surface area contributed by atoms with Crippen LogP contribution in [-0.4, -0.2) is 40.5 Å². The Bertz CT molecular complexity index is 379. The molecule has 0 aliphatic heterocycles. The Morgan fingerprint density at radius 3 is 2.56 bits per heavy atom. The minimum Gasteiger partial charge on any atom is -0.507 e. The van der Waals surface area contributed by atoms with Crippen molar-refractivity contribution in [3.63, 3.8) is 0 Å². The summed E-state index contributed by atoms with van der Waals surface area (Å²) in [6.07, 6.45) is 0. The monoisotopic (exact) mass is 245 g/mol. The van der Waals surface area contributed by atoms with E-state index in [9.17, 15) is 9.90 Å². The topological polar surface area (TPSA) is 89.8 Å². The smallest absolute Gasteiger partial charge is 0.255 e. The molecule has 6 heteroatoms. The zero-order valence-electron chi connectivity index (χ0n) is 8.35. The molecule has 88 valence electrons. The minimum atomic E-state index is -0.758. The van der Waals surface area contributed by atoms with Crippen LogP contribution in [0.25, 0.3) is 0 Å². The molecule has 0 bridgehead atoms. The maximum Gasteiger partial charge on any atom is 0.255 e. The lowest BCUT2D eigenvalue weighted by Gasteiger charge is -2.13. The Morgan fingerprint density at radius 2 is 2.00 bits per heavy atom. The molecule has 0 atom stereocenters. The van der Waals surface area contributed by atoms with Crippen LogP contribution in [0.1, 0.15) is 10.4 Å². The number of rotatable bonds is 4. The van der Waals surface area contributed by atoms with Crippen LogP contribution in [-0.2, 0) is 0 Å². The highest BCUT2D eigenvalue weighted by Crippen LogP contribution is 2.21. The Hall–Kier alpha value is -1.30. The van der Waals surface area contributed by atoms with E-state index in [4.69, 9.17) is 21.8 Å².